The van der Waals surface area contributed by atoms with Gasteiger partial charge in [0.15, 0.2) is 0 Å². The summed E-state index contributed by atoms with van der Waals surface area (Å²) in [6.07, 6.45) is 3.30. The van der Waals surface area contributed by atoms with Crippen molar-refractivity contribution < 1.29 is 4.74 Å². The SMILES string of the molecule is COc1ccn2ncc(C#N)c2c1. The molecule has 4 heteroatoms. The lowest BCUT2D eigenvalue weighted by Gasteiger charge is -1.99. The summed E-state index contributed by atoms with van der Waals surface area (Å²) in [5, 5.41) is 12.7. The second-order valence-electron chi connectivity index (χ2n) is 2.57. The van der Waals surface area contributed by atoms with Gasteiger partial charge in [-0.15, -0.1) is 0 Å². The van der Waals surface area contributed by atoms with E-state index in [0.717, 1.165) is 11.3 Å². The molecule has 0 aromatic carbocycles. The van der Waals surface area contributed by atoms with Gasteiger partial charge in [-0.2, -0.15) is 10.4 Å². The van der Waals surface area contributed by atoms with Gasteiger partial charge < -0.3 is 4.74 Å². The molecule has 0 bridgehead atoms. The Morgan fingerprint density at radius 1 is 1.62 bits per heavy atom. The summed E-state index contributed by atoms with van der Waals surface area (Å²) >= 11 is 0. The van der Waals surface area contributed by atoms with Gasteiger partial charge in [0.25, 0.3) is 0 Å². The first kappa shape index (κ1) is 7.62. The molecule has 0 saturated heterocycles. The molecular weight excluding hydrogens is 166 g/mol. The zero-order valence-electron chi connectivity index (χ0n) is 7.06. The lowest BCUT2D eigenvalue weighted by atomic mass is 10.3. The van der Waals surface area contributed by atoms with Crippen LogP contribution in [0.2, 0.25) is 0 Å². The molecule has 4 nitrogen and oxygen atoms in total. The van der Waals surface area contributed by atoms with Gasteiger partial charge in [0.05, 0.1) is 24.4 Å². The second kappa shape index (κ2) is 2.79. The fourth-order valence-corrected chi connectivity index (χ4v) is 1.17. The van der Waals surface area contributed by atoms with E-state index >= 15 is 0 Å². The van der Waals surface area contributed by atoms with E-state index in [2.05, 4.69) is 11.2 Å². The number of nitriles is 1. The maximum atomic E-state index is 8.74. The van der Waals surface area contributed by atoms with E-state index in [1.807, 2.05) is 0 Å². The number of methoxy groups -OCH3 is 1. The van der Waals surface area contributed by atoms with Crippen molar-refractivity contribution in [3.8, 4) is 11.8 Å². The molecule has 0 saturated carbocycles. The molecule has 0 unspecified atom stereocenters. The van der Waals surface area contributed by atoms with Crippen LogP contribution in [0, 0.1) is 11.3 Å². The van der Waals surface area contributed by atoms with Gasteiger partial charge in [-0.25, -0.2) is 4.52 Å². The number of hydrogen-bond acceptors (Lipinski definition) is 3. The highest BCUT2D eigenvalue weighted by Gasteiger charge is 2.03. The van der Waals surface area contributed by atoms with Crippen molar-refractivity contribution in [3.05, 3.63) is 30.1 Å². The van der Waals surface area contributed by atoms with Crippen molar-refractivity contribution in [1.82, 2.24) is 9.61 Å². The third-order valence-corrected chi connectivity index (χ3v) is 1.85. The quantitative estimate of drug-likeness (QED) is 0.651. The van der Waals surface area contributed by atoms with Crippen LogP contribution >= 0.6 is 0 Å². The predicted octanol–water partition coefficient (Wildman–Crippen LogP) is 1.21. The van der Waals surface area contributed by atoms with Crippen LogP contribution < -0.4 is 4.74 Å². The minimum absolute atomic E-state index is 0.555. The summed E-state index contributed by atoms with van der Waals surface area (Å²) in [5.74, 6) is 0.726. The van der Waals surface area contributed by atoms with Crippen LogP contribution in [0.15, 0.2) is 24.5 Å². The van der Waals surface area contributed by atoms with Crippen molar-refractivity contribution in [1.29, 1.82) is 5.26 Å². The molecule has 0 fully saturated rings. The Hall–Kier alpha value is -2.02. The fourth-order valence-electron chi connectivity index (χ4n) is 1.17. The van der Waals surface area contributed by atoms with Gasteiger partial charge in [-0.05, 0) is 6.07 Å². The molecule has 2 heterocycles. The maximum Gasteiger partial charge on any atom is 0.122 e. The largest absolute Gasteiger partial charge is 0.497 e. The molecule has 0 amide bonds. The minimum Gasteiger partial charge on any atom is -0.497 e. The molecule has 64 valence electrons. The first-order valence-electron chi connectivity index (χ1n) is 3.76. The first-order chi connectivity index (χ1) is 6.35. The number of hydrogen-bond donors (Lipinski definition) is 0. The van der Waals surface area contributed by atoms with Gasteiger partial charge in [-0.1, -0.05) is 0 Å². The summed E-state index contributed by atoms with van der Waals surface area (Å²) < 4.78 is 6.68. The summed E-state index contributed by atoms with van der Waals surface area (Å²) in [4.78, 5) is 0. The third-order valence-electron chi connectivity index (χ3n) is 1.85. The highest BCUT2D eigenvalue weighted by Crippen LogP contribution is 2.16. The smallest absolute Gasteiger partial charge is 0.122 e. The Bertz CT molecular complexity index is 481. The van der Waals surface area contributed by atoms with Crippen LogP contribution in [0.4, 0.5) is 0 Å². The van der Waals surface area contributed by atoms with Crippen LogP contribution in [-0.4, -0.2) is 16.7 Å². The van der Waals surface area contributed by atoms with Crippen LogP contribution in [0.25, 0.3) is 5.52 Å². The van der Waals surface area contributed by atoms with Gasteiger partial charge in [0, 0.05) is 12.3 Å². The van der Waals surface area contributed by atoms with E-state index in [-0.39, 0.29) is 0 Å². The number of nitrogens with zero attached hydrogens (tertiary/aromatic N) is 3. The molecule has 0 aliphatic carbocycles. The Balaban J connectivity index is 2.73. The highest BCUT2D eigenvalue weighted by molar-refractivity contribution is 5.61. The molecule has 2 aromatic heterocycles. The Morgan fingerprint density at radius 3 is 3.15 bits per heavy atom. The molecule has 0 spiro atoms. The average molecular weight is 173 g/mol. The molecule has 0 aliphatic rings. The van der Waals surface area contributed by atoms with E-state index in [9.17, 15) is 0 Å². The lowest BCUT2D eigenvalue weighted by Crippen LogP contribution is -1.88. The lowest BCUT2D eigenvalue weighted by molar-refractivity contribution is 0.414. The minimum atomic E-state index is 0.555. The number of pyridine rings is 1. The van der Waals surface area contributed by atoms with Crippen molar-refractivity contribution in [2.75, 3.05) is 7.11 Å². The highest BCUT2D eigenvalue weighted by atomic mass is 16.5. The molecule has 13 heavy (non-hydrogen) atoms. The van der Waals surface area contributed by atoms with Crippen molar-refractivity contribution in [3.63, 3.8) is 0 Å². The third kappa shape index (κ3) is 1.11. The summed E-state index contributed by atoms with van der Waals surface area (Å²) in [5.41, 5.74) is 1.32. The average Bonchev–Trinajstić information content (AvgIpc) is 2.59. The van der Waals surface area contributed by atoms with Crippen LogP contribution in [0.3, 0.4) is 0 Å². The number of rotatable bonds is 1. The number of ether oxygens (including phenoxy) is 1. The van der Waals surface area contributed by atoms with Crippen molar-refractivity contribution >= 4 is 5.52 Å². The monoisotopic (exact) mass is 173 g/mol. The fraction of sp³-hybridized carbons (Fsp3) is 0.111. The molecule has 0 atom stereocenters. The molecule has 0 N–H and O–H groups in total. The van der Waals surface area contributed by atoms with Gasteiger partial charge in [0.2, 0.25) is 0 Å². The van der Waals surface area contributed by atoms with E-state index < -0.39 is 0 Å². The first-order valence-corrected chi connectivity index (χ1v) is 3.76. The number of fused-ring (bicyclic) bond motifs is 1. The Morgan fingerprint density at radius 2 is 2.46 bits per heavy atom. The van der Waals surface area contributed by atoms with E-state index in [1.54, 1.807) is 30.0 Å². The van der Waals surface area contributed by atoms with Crippen LogP contribution in [-0.2, 0) is 0 Å². The van der Waals surface area contributed by atoms with Crippen molar-refractivity contribution in [2.45, 2.75) is 0 Å². The second-order valence-corrected chi connectivity index (χ2v) is 2.57. The topological polar surface area (TPSA) is 50.3 Å². The van der Waals surface area contributed by atoms with Gasteiger partial charge in [-0.3, -0.25) is 0 Å². The Labute approximate surface area is 75.0 Å². The molecular formula is C9H7N3O. The van der Waals surface area contributed by atoms with Crippen LogP contribution in [0.5, 0.6) is 5.75 Å². The Kier molecular flexibility index (Phi) is 1.64. The zero-order chi connectivity index (χ0) is 9.26. The van der Waals surface area contributed by atoms with Gasteiger partial charge >= 0.3 is 0 Å². The molecule has 2 aromatic rings. The van der Waals surface area contributed by atoms with E-state index in [4.69, 9.17) is 10.00 Å². The van der Waals surface area contributed by atoms with E-state index in [1.165, 1.54) is 6.20 Å². The summed E-state index contributed by atoms with van der Waals surface area (Å²) in [7, 11) is 1.59. The zero-order valence-corrected chi connectivity index (χ0v) is 7.06. The van der Waals surface area contributed by atoms with Crippen molar-refractivity contribution in [2.24, 2.45) is 0 Å². The van der Waals surface area contributed by atoms with E-state index in [0.29, 0.717) is 5.56 Å². The predicted molar refractivity (Wildman–Crippen MR) is 46.5 cm³/mol. The van der Waals surface area contributed by atoms with Crippen LogP contribution in [0.1, 0.15) is 5.56 Å². The summed E-state index contributed by atoms with van der Waals surface area (Å²) in [6, 6.07) is 5.64. The maximum absolute atomic E-state index is 8.74. The normalized spacial score (nSPS) is 9.85. The summed E-state index contributed by atoms with van der Waals surface area (Å²) in [6.45, 7) is 0. The molecule has 0 radical (unpaired) electrons. The van der Waals surface area contributed by atoms with Gasteiger partial charge in [0.1, 0.15) is 11.8 Å². The molecule has 2 rings (SSSR count). The molecule has 0 aliphatic heterocycles. The number of aromatic nitrogens is 2. The standard InChI is InChI=1S/C9H7N3O/c1-13-8-2-3-12-9(4-8)7(5-10)6-11-12/h2-4,6H,1H3.